The first-order valence-corrected chi connectivity index (χ1v) is 4.82. The first kappa shape index (κ1) is 9.14. The van der Waals surface area contributed by atoms with E-state index in [0.29, 0.717) is 15.8 Å². The summed E-state index contributed by atoms with van der Waals surface area (Å²) < 4.78 is 0.401. The monoisotopic (exact) mass is 210 g/mol. The maximum atomic E-state index is 11.0. The SMILES string of the molecule is CCCc1nc2[nH]c(=O)[nH]c(=S)c2[nH]1. The van der Waals surface area contributed by atoms with Gasteiger partial charge in [0.15, 0.2) is 5.65 Å². The van der Waals surface area contributed by atoms with Gasteiger partial charge in [-0.1, -0.05) is 19.1 Å². The summed E-state index contributed by atoms with van der Waals surface area (Å²) in [6.07, 6.45) is 1.85. The first-order chi connectivity index (χ1) is 6.70. The minimum atomic E-state index is -0.322. The third-order valence-electron chi connectivity index (χ3n) is 1.93. The maximum Gasteiger partial charge on any atom is 0.325 e. The Bertz CT molecular complexity index is 564. The third-order valence-corrected chi connectivity index (χ3v) is 2.23. The van der Waals surface area contributed by atoms with E-state index in [1.54, 1.807) is 0 Å². The fraction of sp³-hybridized carbons (Fsp3) is 0.375. The van der Waals surface area contributed by atoms with E-state index < -0.39 is 0 Å². The quantitative estimate of drug-likeness (QED) is 0.653. The number of hydrogen-bond donors (Lipinski definition) is 3. The fourth-order valence-corrected chi connectivity index (χ4v) is 1.58. The molecule has 0 atom stereocenters. The molecule has 0 spiro atoms. The average Bonchev–Trinajstić information content (AvgIpc) is 2.48. The van der Waals surface area contributed by atoms with Crippen LogP contribution < -0.4 is 5.69 Å². The van der Waals surface area contributed by atoms with Crippen molar-refractivity contribution in [1.29, 1.82) is 0 Å². The van der Waals surface area contributed by atoms with Crippen LogP contribution in [0.15, 0.2) is 4.79 Å². The zero-order chi connectivity index (χ0) is 10.1. The second-order valence-electron chi connectivity index (χ2n) is 3.07. The maximum absolute atomic E-state index is 11.0. The van der Waals surface area contributed by atoms with Crippen molar-refractivity contribution < 1.29 is 0 Å². The molecule has 14 heavy (non-hydrogen) atoms. The van der Waals surface area contributed by atoms with Crippen LogP contribution in [0.1, 0.15) is 19.2 Å². The minimum Gasteiger partial charge on any atom is -0.338 e. The van der Waals surface area contributed by atoms with Gasteiger partial charge in [-0.15, -0.1) is 0 Å². The molecule has 0 radical (unpaired) electrons. The van der Waals surface area contributed by atoms with E-state index >= 15 is 0 Å². The number of nitrogens with one attached hydrogen (secondary N) is 3. The molecule has 2 aromatic heterocycles. The summed E-state index contributed by atoms with van der Waals surface area (Å²) in [5.74, 6) is 0.851. The largest absolute Gasteiger partial charge is 0.338 e. The number of aryl methyl sites for hydroxylation is 1. The van der Waals surface area contributed by atoms with Gasteiger partial charge in [-0.2, -0.15) is 0 Å². The molecule has 5 nitrogen and oxygen atoms in total. The fourth-order valence-electron chi connectivity index (χ4n) is 1.34. The molecule has 0 unspecified atom stereocenters. The summed E-state index contributed by atoms with van der Waals surface area (Å²) in [6, 6.07) is 0. The van der Waals surface area contributed by atoms with Crippen LogP contribution in [0, 0.1) is 4.64 Å². The van der Waals surface area contributed by atoms with Gasteiger partial charge in [0, 0.05) is 6.42 Å². The smallest absolute Gasteiger partial charge is 0.325 e. The van der Waals surface area contributed by atoms with Gasteiger partial charge in [-0.25, -0.2) is 9.78 Å². The predicted molar refractivity (Wildman–Crippen MR) is 55.9 cm³/mol. The highest BCUT2D eigenvalue weighted by Gasteiger charge is 2.04. The number of nitrogens with zero attached hydrogens (tertiary/aromatic N) is 1. The Labute approximate surface area is 84.6 Å². The highest BCUT2D eigenvalue weighted by Crippen LogP contribution is 2.07. The van der Waals surface area contributed by atoms with E-state index in [1.165, 1.54) is 0 Å². The predicted octanol–water partition coefficient (Wildman–Crippen LogP) is 1.26. The van der Waals surface area contributed by atoms with Crippen molar-refractivity contribution >= 4 is 23.4 Å². The molecule has 0 aliphatic rings. The summed E-state index contributed by atoms with van der Waals surface area (Å²) in [7, 11) is 0. The Morgan fingerprint density at radius 3 is 2.86 bits per heavy atom. The molecule has 0 fully saturated rings. The van der Waals surface area contributed by atoms with Crippen molar-refractivity contribution in [2.45, 2.75) is 19.8 Å². The molecule has 0 saturated carbocycles. The van der Waals surface area contributed by atoms with Gasteiger partial charge < -0.3 is 4.98 Å². The van der Waals surface area contributed by atoms with Gasteiger partial charge in [0.05, 0.1) is 0 Å². The Balaban J connectivity index is 2.71. The minimum absolute atomic E-state index is 0.322. The topological polar surface area (TPSA) is 77.3 Å². The van der Waals surface area contributed by atoms with Crippen LogP contribution in [0.5, 0.6) is 0 Å². The first-order valence-electron chi connectivity index (χ1n) is 4.42. The van der Waals surface area contributed by atoms with E-state index in [-0.39, 0.29) is 5.69 Å². The van der Waals surface area contributed by atoms with E-state index in [4.69, 9.17) is 12.2 Å². The summed E-state index contributed by atoms with van der Waals surface area (Å²) in [6.45, 7) is 2.07. The van der Waals surface area contributed by atoms with Gasteiger partial charge in [-0.05, 0) is 6.42 Å². The van der Waals surface area contributed by atoms with Crippen LogP contribution in [-0.4, -0.2) is 19.9 Å². The number of aromatic nitrogens is 4. The number of imidazole rings is 1. The van der Waals surface area contributed by atoms with Gasteiger partial charge in [0.2, 0.25) is 0 Å². The molecule has 0 amide bonds. The molecule has 0 bridgehead atoms. The second kappa shape index (κ2) is 3.38. The van der Waals surface area contributed by atoms with Crippen molar-refractivity contribution in [1.82, 2.24) is 19.9 Å². The van der Waals surface area contributed by atoms with Crippen LogP contribution in [0.4, 0.5) is 0 Å². The zero-order valence-electron chi connectivity index (χ0n) is 7.68. The highest BCUT2D eigenvalue weighted by molar-refractivity contribution is 7.71. The lowest BCUT2D eigenvalue weighted by molar-refractivity contribution is 0.860. The van der Waals surface area contributed by atoms with Crippen molar-refractivity contribution in [2.24, 2.45) is 0 Å². The summed E-state index contributed by atoms with van der Waals surface area (Å²) >= 11 is 4.99. The van der Waals surface area contributed by atoms with Crippen molar-refractivity contribution in [3.05, 3.63) is 20.9 Å². The summed E-state index contributed by atoms with van der Waals surface area (Å²) in [4.78, 5) is 23.4. The molecule has 2 heterocycles. The number of H-pyrrole nitrogens is 3. The lowest BCUT2D eigenvalue weighted by atomic mass is 10.3. The highest BCUT2D eigenvalue weighted by atomic mass is 32.1. The molecule has 2 aromatic rings. The van der Waals surface area contributed by atoms with E-state index in [9.17, 15) is 4.79 Å². The van der Waals surface area contributed by atoms with Gasteiger partial charge in [0.25, 0.3) is 0 Å². The Morgan fingerprint density at radius 1 is 1.36 bits per heavy atom. The van der Waals surface area contributed by atoms with Crippen LogP contribution in [0.25, 0.3) is 11.2 Å². The Morgan fingerprint density at radius 2 is 2.14 bits per heavy atom. The van der Waals surface area contributed by atoms with Crippen LogP contribution in [0.3, 0.4) is 0 Å². The molecule has 2 rings (SSSR count). The lowest BCUT2D eigenvalue weighted by Crippen LogP contribution is -2.09. The summed E-state index contributed by atoms with van der Waals surface area (Å²) in [5, 5.41) is 0. The van der Waals surface area contributed by atoms with E-state index in [1.807, 2.05) is 0 Å². The molecule has 0 aliphatic carbocycles. The van der Waals surface area contributed by atoms with E-state index in [0.717, 1.165) is 18.7 Å². The molecule has 0 aliphatic heterocycles. The van der Waals surface area contributed by atoms with Gasteiger partial charge in [-0.3, -0.25) is 9.97 Å². The Hall–Kier alpha value is -1.43. The standard InChI is InChI=1S/C8H10N4OS/c1-2-3-4-9-5-6(10-4)11-8(13)12-7(5)14/h2-3H2,1H3,(H3,9,10,11,12,13,14). The molecule has 3 N–H and O–H groups in total. The van der Waals surface area contributed by atoms with E-state index in [2.05, 4.69) is 26.9 Å². The number of rotatable bonds is 2. The van der Waals surface area contributed by atoms with Crippen molar-refractivity contribution in [2.75, 3.05) is 0 Å². The number of aromatic amines is 3. The molecule has 0 aromatic carbocycles. The normalized spacial score (nSPS) is 10.9. The van der Waals surface area contributed by atoms with Crippen LogP contribution >= 0.6 is 12.2 Å². The molecule has 74 valence electrons. The molecular formula is C8H10N4OS. The second-order valence-corrected chi connectivity index (χ2v) is 3.47. The van der Waals surface area contributed by atoms with Crippen LogP contribution in [0.2, 0.25) is 0 Å². The summed E-state index contributed by atoms with van der Waals surface area (Å²) in [5.41, 5.74) is 0.905. The zero-order valence-corrected chi connectivity index (χ0v) is 8.49. The van der Waals surface area contributed by atoms with Crippen molar-refractivity contribution in [3.63, 3.8) is 0 Å². The third kappa shape index (κ3) is 1.48. The number of fused-ring (bicyclic) bond motifs is 1. The number of hydrogen-bond acceptors (Lipinski definition) is 3. The average molecular weight is 210 g/mol. The van der Waals surface area contributed by atoms with Gasteiger partial charge >= 0.3 is 5.69 Å². The molecule has 6 heteroatoms. The van der Waals surface area contributed by atoms with Crippen molar-refractivity contribution in [3.8, 4) is 0 Å². The van der Waals surface area contributed by atoms with Crippen LogP contribution in [-0.2, 0) is 6.42 Å². The molecule has 0 saturated heterocycles. The Kier molecular flexibility index (Phi) is 2.20. The van der Waals surface area contributed by atoms with Gasteiger partial charge in [0.1, 0.15) is 16.0 Å². The molecular weight excluding hydrogens is 200 g/mol. The lowest BCUT2D eigenvalue weighted by Gasteiger charge is -1.87.